The number of benzene rings is 1. The number of nitrogens with one attached hydrogen (secondary N) is 1. The minimum atomic E-state index is 0.0468. The molecule has 1 N–H and O–H groups in total. The molecule has 1 aliphatic carbocycles. The second kappa shape index (κ2) is 6.71. The van der Waals surface area contributed by atoms with Gasteiger partial charge in [-0.1, -0.05) is 29.3 Å². The summed E-state index contributed by atoms with van der Waals surface area (Å²) in [6, 6.07) is 3.81. The molecule has 0 spiro atoms. The van der Waals surface area contributed by atoms with E-state index in [1.165, 1.54) is 0 Å². The van der Waals surface area contributed by atoms with E-state index in [0.29, 0.717) is 16.5 Å². The molecule has 1 aromatic heterocycles. The maximum atomic E-state index is 12.1. The summed E-state index contributed by atoms with van der Waals surface area (Å²) in [5, 5.41) is 4.29. The van der Waals surface area contributed by atoms with Crippen LogP contribution in [0.15, 0.2) is 30.9 Å². The molecule has 116 valence electrons. The zero-order valence-electron chi connectivity index (χ0n) is 12.1. The van der Waals surface area contributed by atoms with Crippen molar-refractivity contribution >= 4 is 29.1 Å². The largest absolute Gasteiger partial charge is 0.349 e. The van der Waals surface area contributed by atoms with Crippen molar-refractivity contribution in [2.75, 3.05) is 0 Å². The highest BCUT2D eigenvalue weighted by atomic mass is 35.5. The standard InChI is InChI=1S/C16H17Cl2N3O/c17-13-5-3-11-12(16(13)18)4-6-14(11)20-15(22)2-1-8-21-9-7-19-10-21/h3,5,7,9-10,14H,1-2,4,6,8H2,(H,20,22)/t14-/m0/s1. The van der Waals surface area contributed by atoms with Crippen molar-refractivity contribution in [3.63, 3.8) is 0 Å². The second-order valence-corrected chi connectivity index (χ2v) is 6.28. The van der Waals surface area contributed by atoms with Crippen LogP contribution in [0.25, 0.3) is 0 Å². The first-order valence-electron chi connectivity index (χ1n) is 7.37. The van der Waals surface area contributed by atoms with E-state index in [4.69, 9.17) is 23.2 Å². The Morgan fingerprint density at radius 3 is 3.05 bits per heavy atom. The molecular weight excluding hydrogens is 321 g/mol. The fraction of sp³-hybridized carbons (Fsp3) is 0.375. The molecular formula is C16H17Cl2N3O. The van der Waals surface area contributed by atoms with Crippen LogP contribution >= 0.6 is 23.2 Å². The van der Waals surface area contributed by atoms with Crippen molar-refractivity contribution < 1.29 is 4.79 Å². The minimum absolute atomic E-state index is 0.0468. The molecule has 1 atom stereocenters. The number of aryl methyl sites for hydroxylation is 1. The number of carbonyl (C=O) groups is 1. The highest BCUT2D eigenvalue weighted by molar-refractivity contribution is 6.42. The van der Waals surface area contributed by atoms with Gasteiger partial charge in [0.1, 0.15) is 0 Å². The van der Waals surface area contributed by atoms with Gasteiger partial charge in [0, 0.05) is 25.4 Å². The van der Waals surface area contributed by atoms with Crippen LogP contribution in [-0.4, -0.2) is 15.5 Å². The van der Waals surface area contributed by atoms with E-state index in [2.05, 4.69) is 10.3 Å². The lowest BCUT2D eigenvalue weighted by Crippen LogP contribution is -2.27. The number of imidazole rings is 1. The minimum Gasteiger partial charge on any atom is -0.349 e. The number of fused-ring (bicyclic) bond motifs is 1. The zero-order valence-corrected chi connectivity index (χ0v) is 13.6. The maximum Gasteiger partial charge on any atom is 0.220 e. The van der Waals surface area contributed by atoms with Crippen LogP contribution in [0.2, 0.25) is 10.0 Å². The SMILES string of the molecule is O=C(CCCn1ccnc1)N[C@H]1CCc2c1ccc(Cl)c2Cl. The number of halogens is 2. The van der Waals surface area contributed by atoms with Crippen molar-refractivity contribution in [2.45, 2.75) is 38.3 Å². The molecule has 0 bridgehead atoms. The van der Waals surface area contributed by atoms with E-state index in [1.807, 2.05) is 16.8 Å². The van der Waals surface area contributed by atoms with Gasteiger partial charge in [-0.15, -0.1) is 0 Å². The zero-order chi connectivity index (χ0) is 15.5. The summed E-state index contributed by atoms with van der Waals surface area (Å²) in [7, 11) is 0. The Labute approximate surface area is 139 Å². The van der Waals surface area contributed by atoms with Gasteiger partial charge >= 0.3 is 0 Å². The third-order valence-corrected chi connectivity index (χ3v) is 4.85. The molecule has 3 rings (SSSR count). The Bertz CT molecular complexity index is 670. The lowest BCUT2D eigenvalue weighted by atomic mass is 10.1. The van der Waals surface area contributed by atoms with Crippen LogP contribution < -0.4 is 5.32 Å². The second-order valence-electron chi connectivity index (χ2n) is 5.49. The van der Waals surface area contributed by atoms with Gasteiger partial charge in [0.25, 0.3) is 0 Å². The van der Waals surface area contributed by atoms with Gasteiger partial charge in [-0.05, 0) is 36.5 Å². The molecule has 1 heterocycles. The normalized spacial score (nSPS) is 16.5. The summed E-state index contributed by atoms with van der Waals surface area (Å²) in [5.74, 6) is 0.0732. The van der Waals surface area contributed by atoms with Gasteiger partial charge in [0.15, 0.2) is 0 Å². The van der Waals surface area contributed by atoms with Crippen LogP contribution in [-0.2, 0) is 17.8 Å². The monoisotopic (exact) mass is 337 g/mol. The molecule has 1 aliphatic rings. The predicted molar refractivity (Wildman–Crippen MR) is 87.1 cm³/mol. The maximum absolute atomic E-state index is 12.1. The quantitative estimate of drug-likeness (QED) is 0.902. The number of hydrogen-bond acceptors (Lipinski definition) is 2. The smallest absolute Gasteiger partial charge is 0.220 e. The van der Waals surface area contributed by atoms with Gasteiger partial charge in [-0.25, -0.2) is 4.98 Å². The van der Waals surface area contributed by atoms with Crippen molar-refractivity contribution in [3.05, 3.63) is 52.0 Å². The molecule has 2 aromatic rings. The van der Waals surface area contributed by atoms with Gasteiger partial charge in [-0.3, -0.25) is 4.79 Å². The first kappa shape index (κ1) is 15.4. The number of hydrogen-bond donors (Lipinski definition) is 1. The summed E-state index contributed by atoms with van der Waals surface area (Å²) >= 11 is 12.3. The molecule has 0 aliphatic heterocycles. The van der Waals surface area contributed by atoms with Crippen LogP contribution in [0, 0.1) is 0 Å². The molecule has 0 unspecified atom stereocenters. The fourth-order valence-electron chi connectivity index (χ4n) is 2.89. The van der Waals surface area contributed by atoms with Gasteiger partial charge in [0.2, 0.25) is 5.91 Å². The van der Waals surface area contributed by atoms with Crippen molar-refractivity contribution in [1.82, 2.24) is 14.9 Å². The Balaban J connectivity index is 1.54. The number of rotatable bonds is 5. The molecule has 6 heteroatoms. The number of aromatic nitrogens is 2. The van der Waals surface area contributed by atoms with E-state index in [9.17, 15) is 4.79 Å². The first-order valence-corrected chi connectivity index (χ1v) is 8.12. The summed E-state index contributed by atoms with van der Waals surface area (Å²) < 4.78 is 1.97. The average molecular weight is 338 g/mol. The first-order chi connectivity index (χ1) is 10.6. The van der Waals surface area contributed by atoms with E-state index in [0.717, 1.165) is 36.9 Å². The topological polar surface area (TPSA) is 46.9 Å². The van der Waals surface area contributed by atoms with Gasteiger partial charge in [-0.2, -0.15) is 0 Å². The number of nitrogens with zero attached hydrogens (tertiary/aromatic N) is 2. The number of carbonyl (C=O) groups excluding carboxylic acids is 1. The molecule has 0 radical (unpaired) electrons. The lowest BCUT2D eigenvalue weighted by Gasteiger charge is -2.14. The van der Waals surface area contributed by atoms with E-state index in [1.54, 1.807) is 18.6 Å². The number of amides is 1. The molecule has 4 nitrogen and oxygen atoms in total. The Morgan fingerprint density at radius 2 is 2.27 bits per heavy atom. The highest BCUT2D eigenvalue weighted by Crippen LogP contribution is 2.39. The van der Waals surface area contributed by atoms with E-state index < -0.39 is 0 Å². The van der Waals surface area contributed by atoms with E-state index >= 15 is 0 Å². The molecule has 1 amide bonds. The van der Waals surface area contributed by atoms with Crippen LogP contribution in [0.4, 0.5) is 0 Å². The summed E-state index contributed by atoms with van der Waals surface area (Å²) in [5.41, 5.74) is 2.16. The molecule has 0 fully saturated rings. The van der Waals surface area contributed by atoms with Gasteiger partial charge in [0.05, 0.1) is 22.4 Å². The average Bonchev–Trinajstić information content (AvgIpc) is 3.13. The summed E-state index contributed by atoms with van der Waals surface area (Å²) in [6.07, 6.45) is 8.43. The van der Waals surface area contributed by atoms with Crippen molar-refractivity contribution in [2.24, 2.45) is 0 Å². The van der Waals surface area contributed by atoms with Crippen molar-refractivity contribution in [1.29, 1.82) is 0 Å². The lowest BCUT2D eigenvalue weighted by molar-refractivity contribution is -0.122. The molecule has 0 saturated heterocycles. The van der Waals surface area contributed by atoms with E-state index in [-0.39, 0.29) is 11.9 Å². The van der Waals surface area contributed by atoms with Crippen molar-refractivity contribution in [3.8, 4) is 0 Å². The Hall–Kier alpha value is -1.52. The molecule has 1 aromatic carbocycles. The fourth-order valence-corrected chi connectivity index (χ4v) is 3.33. The van der Waals surface area contributed by atoms with Gasteiger partial charge < -0.3 is 9.88 Å². The highest BCUT2D eigenvalue weighted by Gasteiger charge is 2.26. The van der Waals surface area contributed by atoms with Crippen LogP contribution in [0.3, 0.4) is 0 Å². The third kappa shape index (κ3) is 3.28. The Kier molecular flexibility index (Phi) is 4.69. The van der Waals surface area contributed by atoms with Crippen LogP contribution in [0.5, 0.6) is 0 Å². The third-order valence-electron chi connectivity index (χ3n) is 4.01. The Morgan fingerprint density at radius 1 is 1.41 bits per heavy atom. The predicted octanol–water partition coefficient (Wildman–Crippen LogP) is 3.77. The molecule has 22 heavy (non-hydrogen) atoms. The van der Waals surface area contributed by atoms with Crippen LogP contribution in [0.1, 0.15) is 36.4 Å². The molecule has 0 saturated carbocycles. The summed E-state index contributed by atoms with van der Waals surface area (Å²) in [4.78, 5) is 16.1. The summed E-state index contributed by atoms with van der Waals surface area (Å²) in [6.45, 7) is 0.802.